The second-order valence-electron chi connectivity index (χ2n) is 20.5. The molecule has 14 heteroatoms. The lowest BCUT2D eigenvalue weighted by Gasteiger charge is -2.42. The van der Waals surface area contributed by atoms with Crippen molar-refractivity contribution in [2.24, 2.45) is 0 Å². The number of allylic oxidation sites excluding steroid dienone is 6. The molecule has 72 heavy (non-hydrogen) atoms. The van der Waals surface area contributed by atoms with E-state index in [4.69, 9.17) is 28.4 Å². The molecule has 0 aromatic heterocycles. The molecule has 14 nitrogen and oxygen atoms in total. The number of carbonyl (C=O) groups is 1. The molecule has 422 valence electrons. The van der Waals surface area contributed by atoms with Crippen LogP contribution in [0.25, 0.3) is 0 Å². The summed E-state index contributed by atoms with van der Waals surface area (Å²) in [5, 5.41) is 72.3. The van der Waals surface area contributed by atoms with Gasteiger partial charge >= 0.3 is 5.97 Å². The van der Waals surface area contributed by atoms with Crippen LogP contribution in [0.15, 0.2) is 36.5 Å². The summed E-state index contributed by atoms with van der Waals surface area (Å²) in [6.07, 6.45) is 36.3. The summed E-state index contributed by atoms with van der Waals surface area (Å²) >= 11 is 0. The molecule has 0 spiro atoms. The number of aliphatic hydroxyl groups is 7. The molecule has 2 aliphatic heterocycles. The van der Waals surface area contributed by atoms with Crippen LogP contribution >= 0.6 is 0 Å². The monoisotopic (exact) mass is 1030 g/mol. The summed E-state index contributed by atoms with van der Waals surface area (Å²) in [6.45, 7) is 3.68. The lowest BCUT2D eigenvalue weighted by Crippen LogP contribution is -2.61. The van der Waals surface area contributed by atoms with Gasteiger partial charge in [0.1, 0.15) is 54.9 Å². The SMILES string of the molecule is CCCCCC/C=C\C/C=C\CCCCCCCCCC(=O)OC(COCCCCCCCCCCCC/C=C\CCCCCCCC)COC1OC(COC2OC(CO)C(O)C(O)C2O)C(O)C(O)C1O. The predicted molar refractivity (Wildman–Crippen MR) is 284 cm³/mol. The minimum absolute atomic E-state index is 0.0588. The van der Waals surface area contributed by atoms with Crippen LogP contribution in [0, 0.1) is 0 Å². The van der Waals surface area contributed by atoms with Gasteiger partial charge in [-0.1, -0.05) is 185 Å². The maximum absolute atomic E-state index is 13.1. The molecule has 2 rings (SSSR count). The molecule has 2 aliphatic rings. The lowest BCUT2D eigenvalue weighted by atomic mass is 9.98. The van der Waals surface area contributed by atoms with Crippen molar-refractivity contribution in [3.63, 3.8) is 0 Å². The topological polar surface area (TPSA) is 214 Å². The second-order valence-corrected chi connectivity index (χ2v) is 20.5. The highest BCUT2D eigenvalue weighted by molar-refractivity contribution is 5.69. The average molecular weight is 1030 g/mol. The van der Waals surface area contributed by atoms with Gasteiger partial charge in [-0.15, -0.1) is 0 Å². The minimum atomic E-state index is -1.71. The largest absolute Gasteiger partial charge is 0.457 e. The van der Waals surface area contributed by atoms with Gasteiger partial charge in [-0.3, -0.25) is 4.79 Å². The zero-order valence-corrected chi connectivity index (χ0v) is 45.2. The molecule has 0 aromatic rings. The van der Waals surface area contributed by atoms with E-state index in [0.717, 1.165) is 51.4 Å². The number of ether oxygens (including phenoxy) is 6. The van der Waals surface area contributed by atoms with Crippen molar-refractivity contribution in [2.45, 2.75) is 293 Å². The molecule has 2 heterocycles. The third kappa shape index (κ3) is 31.9. The fourth-order valence-electron chi connectivity index (χ4n) is 9.13. The van der Waals surface area contributed by atoms with Crippen LogP contribution in [0.1, 0.15) is 226 Å². The number of hydrogen-bond donors (Lipinski definition) is 7. The number of carbonyl (C=O) groups excluding carboxylic acids is 1. The van der Waals surface area contributed by atoms with Gasteiger partial charge in [0.2, 0.25) is 0 Å². The van der Waals surface area contributed by atoms with E-state index in [1.165, 1.54) is 148 Å². The standard InChI is InChI=1S/C58H106O14/c1-3-5-7-9-11-13-15-17-19-21-23-24-26-28-30-32-34-36-38-40-42-67-44-47(70-50(60)41-39-37-35-33-31-29-27-25-22-20-18-16-14-12-10-8-6-4-2)45-68-57-56(66)54(64)52(62)49(72-57)46-69-58-55(65)53(63)51(61)48(43-59)71-58/h14,16-17,19-20,22,47-49,51-59,61-66H,3-13,15,18,21,23-46H2,1-2H3/b16-14-,19-17-,22-20-. The van der Waals surface area contributed by atoms with E-state index in [1.807, 2.05) is 0 Å². The van der Waals surface area contributed by atoms with Crippen molar-refractivity contribution in [3.8, 4) is 0 Å². The number of hydrogen-bond acceptors (Lipinski definition) is 14. The van der Waals surface area contributed by atoms with Gasteiger partial charge in [0, 0.05) is 13.0 Å². The van der Waals surface area contributed by atoms with Crippen LogP contribution < -0.4 is 0 Å². The van der Waals surface area contributed by atoms with Crippen LogP contribution in [0.5, 0.6) is 0 Å². The molecule has 0 amide bonds. The molecule has 11 unspecified atom stereocenters. The second kappa shape index (κ2) is 45.4. The Kier molecular flexibility index (Phi) is 41.8. The van der Waals surface area contributed by atoms with Gasteiger partial charge in [0.05, 0.1) is 26.4 Å². The van der Waals surface area contributed by atoms with Crippen molar-refractivity contribution in [2.75, 3.05) is 33.0 Å². The third-order valence-electron chi connectivity index (χ3n) is 13.9. The van der Waals surface area contributed by atoms with Crippen molar-refractivity contribution < 1.29 is 69.0 Å². The molecule has 2 saturated heterocycles. The Labute approximate surface area is 436 Å². The van der Waals surface area contributed by atoms with E-state index in [0.29, 0.717) is 13.0 Å². The Morgan fingerprint density at radius 1 is 0.458 bits per heavy atom. The van der Waals surface area contributed by atoms with Gasteiger partial charge in [0.15, 0.2) is 12.6 Å². The maximum Gasteiger partial charge on any atom is 0.306 e. The Balaban J connectivity index is 1.72. The van der Waals surface area contributed by atoms with Crippen LogP contribution in [-0.4, -0.2) is 142 Å². The first-order valence-electron chi connectivity index (χ1n) is 29.1. The summed E-state index contributed by atoms with van der Waals surface area (Å²) in [4.78, 5) is 13.1. The molecule has 0 radical (unpaired) electrons. The van der Waals surface area contributed by atoms with Crippen molar-refractivity contribution in [1.82, 2.24) is 0 Å². The van der Waals surface area contributed by atoms with Gasteiger partial charge in [0.25, 0.3) is 0 Å². The molecule has 7 N–H and O–H groups in total. The third-order valence-corrected chi connectivity index (χ3v) is 13.9. The summed E-state index contributed by atoms with van der Waals surface area (Å²) in [7, 11) is 0. The molecule has 2 fully saturated rings. The summed E-state index contributed by atoms with van der Waals surface area (Å²) in [5.41, 5.74) is 0. The predicted octanol–water partition coefficient (Wildman–Crippen LogP) is 10.1. The Morgan fingerprint density at radius 3 is 1.36 bits per heavy atom. The zero-order chi connectivity index (χ0) is 52.3. The van der Waals surface area contributed by atoms with E-state index in [9.17, 15) is 40.5 Å². The van der Waals surface area contributed by atoms with Crippen molar-refractivity contribution >= 4 is 5.97 Å². The molecule has 0 bridgehead atoms. The van der Waals surface area contributed by atoms with E-state index >= 15 is 0 Å². The number of esters is 1. The average Bonchev–Trinajstić information content (AvgIpc) is 3.38. The highest BCUT2D eigenvalue weighted by Gasteiger charge is 2.47. The molecule has 0 aliphatic carbocycles. The van der Waals surface area contributed by atoms with Gasteiger partial charge < -0.3 is 64.2 Å². The summed E-state index contributed by atoms with van der Waals surface area (Å²) < 4.78 is 34.4. The first-order chi connectivity index (χ1) is 35.1. The summed E-state index contributed by atoms with van der Waals surface area (Å²) in [6, 6.07) is 0. The first-order valence-corrected chi connectivity index (χ1v) is 29.1. The van der Waals surface area contributed by atoms with E-state index in [2.05, 4.69) is 50.3 Å². The van der Waals surface area contributed by atoms with Gasteiger partial charge in [-0.05, 0) is 70.6 Å². The highest BCUT2D eigenvalue weighted by atomic mass is 16.7. The zero-order valence-electron chi connectivity index (χ0n) is 45.2. The quantitative estimate of drug-likeness (QED) is 0.0172. The minimum Gasteiger partial charge on any atom is -0.457 e. The first kappa shape index (κ1) is 66.3. The molecule has 11 atom stereocenters. The maximum atomic E-state index is 13.1. The lowest BCUT2D eigenvalue weighted by molar-refractivity contribution is -0.332. The fraction of sp³-hybridized carbons (Fsp3) is 0.879. The number of unbranched alkanes of at least 4 members (excludes halogenated alkanes) is 27. The van der Waals surface area contributed by atoms with Crippen molar-refractivity contribution in [3.05, 3.63) is 36.5 Å². The van der Waals surface area contributed by atoms with E-state index in [-0.39, 0.29) is 25.6 Å². The van der Waals surface area contributed by atoms with Crippen LogP contribution in [0.4, 0.5) is 0 Å². The van der Waals surface area contributed by atoms with Crippen molar-refractivity contribution in [1.29, 1.82) is 0 Å². The highest BCUT2D eigenvalue weighted by Crippen LogP contribution is 2.27. The molecular formula is C58H106O14. The molecular weight excluding hydrogens is 921 g/mol. The Hall–Kier alpha value is -1.79. The van der Waals surface area contributed by atoms with E-state index in [1.54, 1.807) is 0 Å². The van der Waals surface area contributed by atoms with Gasteiger partial charge in [-0.25, -0.2) is 0 Å². The molecule has 0 saturated carbocycles. The Bertz CT molecular complexity index is 1330. The van der Waals surface area contributed by atoms with Crippen LogP contribution in [0.2, 0.25) is 0 Å². The van der Waals surface area contributed by atoms with Crippen LogP contribution in [0.3, 0.4) is 0 Å². The number of rotatable bonds is 47. The number of aliphatic hydroxyl groups excluding tert-OH is 7. The fourth-order valence-corrected chi connectivity index (χ4v) is 9.13. The van der Waals surface area contributed by atoms with E-state index < -0.39 is 80.7 Å². The smallest absolute Gasteiger partial charge is 0.306 e. The summed E-state index contributed by atoms with van der Waals surface area (Å²) in [5.74, 6) is -0.382. The van der Waals surface area contributed by atoms with Crippen LogP contribution in [-0.2, 0) is 33.2 Å². The van der Waals surface area contributed by atoms with Gasteiger partial charge in [-0.2, -0.15) is 0 Å². The Morgan fingerprint density at radius 2 is 0.861 bits per heavy atom. The normalized spacial score (nSPS) is 25.3. The molecule has 0 aromatic carbocycles.